The van der Waals surface area contributed by atoms with Crippen LogP contribution in [0.5, 0.6) is 0 Å². The number of rotatable bonds is 0. The van der Waals surface area contributed by atoms with Crippen LogP contribution in [0.25, 0.3) is 0 Å². The molecule has 0 heterocycles. The summed E-state index contributed by atoms with van der Waals surface area (Å²) < 4.78 is 59.2. The Kier molecular flexibility index (Phi) is 5.91. The summed E-state index contributed by atoms with van der Waals surface area (Å²) in [6.07, 6.45) is 0. The summed E-state index contributed by atoms with van der Waals surface area (Å²) in [7, 11) is -10.7. The molecule has 9 heteroatoms. The van der Waals surface area contributed by atoms with Gasteiger partial charge < -0.3 is 2.85 Å². The average molecular weight is 210 g/mol. The van der Waals surface area contributed by atoms with Crippen LogP contribution in [0.2, 0.25) is 0 Å². The van der Waals surface area contributed by atoms with E-state index in [1.807, 2.05) is 0 Å². The topological polar surface area (TPSA) is 0 Å². The summed E-state index contributed by atoms with van der Waals surface area (Å²) in [4.78, 5) is 0. The van der Waals surface area contributed by atoms with Gasteiger partial charge in [0.25, 0.3) is 0 Å². The van der Waals surface area contributed by atoms with Crippen LogP contribution in [0, 0.1) is 0 Å². The SMILES string of the molecule is F[P-](F)(F)(F)(F)F.[H-].[H-].[K+].[Mg+2]. The Hall–Kier alpha value is 2.41. The first-order valence-electron chi connectivity index (χ1n) is 1.01. The molecule has 0 aliphatic heterocycles. The van der Waals surface area contributed by atoms with Crippen molar-refractivity contribution in [2.24, 2.45) is 0 Å². The molecule has 52 valence electrons. The molecular weight excluding hydrogens is 208 g/mol. The Morgan fingerprint density at radius 3 is 0.778 bits per heavy atom. The Labute approximate surface area is 109 Å². The molecule has 0 aromatic heterocycles. The first kappa shape index (κ1) is 17.5. The van der Waals surface area contributed by atoms with Crippen LogP contribution in [0.4, 0.5) is 25.2 Å². The van der Waals surface area contributed by atoms with Crippen molar-refractivity contribution in [3.05, 3.63) is 0 Å². The summed E-state index contributed by atoms with van der Waals surface area (Å²) in [6.45, 7) is 0. The molecule has 0 unspecified atom stereocenters. The van der Waals surface area contributed by atoms with Crippen molar-refractivity contribution >= 4 is 30.9 Å². The van der Waals surface area contributed by atoms with Crippen molar-refractivity contribution in [2.45, 2.75) is 0 Å². The zero-order chi connectivity index (χ0) is 6.41. The molecule has 0 spiro atoms. The predicted octanol–water partition coefficient (Wildman–Crippen LogP) is 0.231. The quantitative estimate of drug-likeness (QED) is 0.305. The van der Waals surface area contributed by atoms with E-state index in [1.54, 1.807) is 0 Å². The summed E-state index contributed by atoms with van der Waals surface area (Å²) in [5.41, 5.74) is 0. The minimum atomic E-state index is -10.7. The van der Waals surface area contributed by atoms with E-state index in [0.29, 0.717) is 0 Å². The monoisotopic (exact) mass is 210 g/mol. The van der Waals surface area contributed by atoms with Crippen molar-refractivity contribution in [1.82, 2.24) is 0 Å². The molecule has 0 aromatic rings. The van der Waals surface area contributed by atoms with Crippen LogP contribution >= 0.6 is 7.81 Å². The maximum atomic E-state index is 9.87. The Morgan fingerprint density at radius 2 is 0.778 bits per heavy atom. The van der Waals surface area contributed by atoms with Crippen LogP contribution in [0.15, 0.2) is 0 Å². The van der Waals surface area contributed by atoms with Gasteiger partial charge in [0, 0.05) is 0 Å². The van der Waals surface area contributed by atoms with Gasteiger partial charge in [-0.05, 0) is 0 Å². The Balaban J connectivity index is -0.0000000300. The molecule has 0 amide bonds. The van der Waals surface area contributed by atoms with Crippen LogP contribution < -0.4 is 51.4 Å². The molecule has 0 bridgehead atoms. The van der Waals surface area contributed by atoms with Crippen LogP contribution in [0.1, 0.15) is 2.85 Å². The van der Waals surface area contributed by atoms with Gasteiger partial charge in [0.15, 0.2) is 0 Å². The van der Waals surface area contributed by atoms with Gasteiger partial charge >= 0.3 is 107 Å². The molecular formula is H2F6KMgP. The smallest absolute Gasteiger partial charge is 1.00 e. The van der Waals surface area contributed by atoms with Crippen LogP contribution in [-0.2, 0) is 0 Å². The number of halogens is 6. The van der Waals surface area contributed by atoms with Crippen LogP contribution in [0.3, 0.4) is 0 Å². The van der Waals surface area contributed by atoms with E-state index in [2.05, 4.69) is 0 Å². The van der Waals surface area contributed by atoms with E-state index in [4.69, 9.17) is 0 Å². The van der Waals surface area contributed by atoms with Crippen molar-refractivity contribution < 1.29 is 79.4 Å². The molecule has 0 aromatic carbocycles. The Bertz CT molecular complexity index is 79.1. The Morgan fingerprint density at radius 1 is 0.778 bits per heavy atom. The molecule has 0 N–H and O–H groups in total. The van der Waals surface area contributed by atoms with E-state index < -0.39 is 7.81 Å². The van der Waals surface area contributed by atoms with E-state index in [-0.39, 0.29) is 77.3 Å². The molecule has 0 atom stereocenters. The molecule has 0 aliphatic rings. The second-order valence-electron chi connectivity index (χ2n) is 0.958. The van der Waals surface area contributed by atoms with E-state index in [9.17, 15) is 25.2 Å². The van der Waals surface area contributed by atoms with Crippen molar-refractivity contribution in [3.8, 4) is 0 Å². The maximum Gasteiger partial charge on any atom is 2.00 e. The number of hydrogen-bond acceptors (Lipinski definition) is 0. The van der Waals surface area contributed by atoms with E-state index in [0.717, 1.165) is 0 Å². The minimum absolute atomic E-state index is 0. The van der Waals surface area contributed by atoms with E-state index in [1.165, 1.54) is 0 Å². The van der Waals surface area contributed by atoms with Gasteiger partial charge in [0.2, 0.25) is 0 Å². The average Bonchev–Trinajstić information content (AvgIpc) is 0.592. The second-order valence-corrected chi connectivity index (χ2v) is 2.87. The third-order valence-electron chi connectivity index (χ3n) is 0. The molecule has 0 rings (SSSR count). The van der Waals surface area contributed by atoms with E-state index >= 15 is 0 Å². The van der Waals surface area contributed by atoms with Crippen molar-refractivity contribution in [1.29, 1.82) is 0 Å². The maximum absolute atomic E-state index is 10.7. The van der Waals surface area contributed by atoms with Gasteiger partial charge in [-0.2, -0.15) is 0 Å². The standard InChI is InChI=1S/F6P.K.Mg.2H/c1-7(2,3,4,5)6;;;;/q-1;+1;+2;2*-1. The molecule has 0 nitrogen and oxygen atoms in total. The summed E-state index contributed by atoms with van der Waals surface area (Å²) in [6, 6.07) is 0. The first-order valence-corrected chi connectivity index (χ1v) is 3.04. The largest absolute Gasteiger partial charge is 2.00 e. The molecule has 0 radical (unpaired) electrons. The van der Waals surface area contributed by atoms with Crippen molar-refractivity contribution in [2.75, 3.05) is 0 Å². The van der Waals surface area contributed by atoms with Crippen LogP contribution in [-0.4, -0.2) is 23.1 Å². The third kappa shape index (κ3) is 127. The first-order chi connectivity index (χ1) is 2.45. The summed E-state index contributed by atoms with van der Waals surface area (Å²) >= 11 is 0. The second kappa shape index (κ2) is 3.04. The predicted molar refractivity (Wildman–Crippen MR) is 21.5 cm³/mol. The summed E-state index contributed by atoms with van der Waals surface area (Å²) in [5, 5.41) is 0. The number of hydrogen-bond donors (Lipinski definition) is 0. The molecule has 0 saturated carbocycles. The fraction of sp³-hybridized carbons (Fsp3) is 0. The fourth-order valence-electron chi connectivity index (χ4n) is 0. The molecule has 0 saturated heterocycles. The molecule has 9 heavy (non-hydrogen) atoms. The van der Waals surface area contributed by atoms with Gasteiger partial charge in [-0.1, -0.05) is 0 Å². The fourth-order valence-corrected chi connectivity index (χ4v) is 0. The normalized spacial score (nSPS) is 18.0. The summed E-state index contributed by atoms with van der Waals surface area (Å²) in [5.74, 6) is 0. The van der Waals surface area contributed by atoms with Gasteiger partial charge in [-0.25, -0.2) is 0 Å². The van der Waals surface area contributed by atoms with Crippen molar-refractivity contribution in [3.63, 3.8) is 0 Å². The van der Waals surface area contributed by atoms with Gasteiger partial charge in [-0.3, -0.25) is 0 Å². The zero-order valence-corrected chi connectivity index (χ0v) is 9.85. The zero-order valence-electron chi connectivity index (χ0n) is 6.42. The van der Waals surface area contributed by atoms with Gasteiger partial charge in [0.1, 0.15) is 0 Å². The van der Waals surface area contributed by atoms with Gasteiger partial charge in [-0.15, -0.1) is 0 Å². The third-order valence-corrected chi connectivity index (χ3v) is 0. The molecule has 0 aliphatic carbocycles. The minimum Gasteiger partial charge on any atom is -1.00 e. The van der Waals surface area contributed by atoms with Gasteiger partial charge in [0.05, 0.1) is 0 Å². The molecule has 0 fully saturated rings.